The highest BCUT2D eigenvalue weighted by Crippen LogP contribution is 2.36. The zero-order valence-corrected chi connectivity index (χ0v) is 11.6. The SMILES string of the molecule is CCNc1ncc(F)c(-c2ccc(C3CCC3)cc2)n1. The molecule has 0 atom stereocenters. The smallest absolute Gasteiger partial charge is 0.223 e. The molecule has 1 fully saturated rings. The van der Waals surface area contributed by atoms with Gasteiger partial charge in [0, 0.05) is 12.1 Å². The van der Waals surface area contributed by atoms with E-state index in [1.165, 1.54) is 31.0 Å². The molecular weight excluding hydrogens is 253 g/mol. The highest BCUT2D eigenvalue weighted by molar-refractivity contribution is 5.61. The minimum Gasteiger partial charge on any atom is -0.354 e. The molecular formula is C16H18FN3. The van der Waals surface area contributed by atoms with Crippen molar-refractivity contribution in [2.24, 2.45) is 0 Å². The predicted molar refractivity (Wildman–Crippen MR) is 78.2 cm³/mol. The minimum atomic E-state index is -0.386. The molecule has 3 rings (SSSR count). The molecule has 20 heavy (non-hydrogen) atoms. The third kappa shape index (κ3) is 2.50. The van der Waals surface area contributed by atoms with E-state index < -0.39 is 0 Å². The van der Waals surface area contributed by atoms with Gasteiger partial charge in [0.25, 0.3) is 0 Å². The van der Waals surface area contributed by atoms with Gasteiger partial charge in [-0.2, -0.15) is 0 Å². The maximum Gasteiger partial charge on any atom is 0.223 e. The maximum absolute atomic E-state index is 13.9. The molecule has 1 aliphatic rings. The lowest BCUT2D eigenvalue weighted by Crippen LogP contribution is -2.08. The largest absolute Gasteiger partial charge is 0.354 e. The summed E-state index contributed by atoms with van der Waals surface area (Å²) in [4.78, 5) is 8.17. The van der Waals surface area contributed by atoms with Gasteiger partial charge in [0.2, 0.25) is 5.95 Å². The molecule has 1 aromatic heterocycles. The summed E-state index contributed by atoms with van der Waals surface area (Å²) in [6.45, 7) is 2.67. The molecule has 0 spiro atoms. The van der Waals surface area contributed by atoms with Crippen LogP contribution in [-0.4, -0.2) is 16.5 Å². The molecule has 0 unspecified atom stereocenters. The fraction of sp³-hybridized carbons (Fsp3) is 0.375. The Morgan fingerprint density at radius 3 is 2.60 bits per heavy atom. The molecule has 2 aromatic rings. The van der Waals surface area contributed by atoms with Crippen LogP contribution in [0.25, 0.3) is 11.3 Å². The van der Waals surface area contributed by atoms with Crippen molar-refractivity contribution in [2.45, 2.75) is 32.1 Å². The van der Waals surface area contributed by atoms with Gasteiger partial charge in [-0.25, -0.2) is 14.4 Å². The van der Waals surface area contributed by atoms with E-state index in [2.05, 4.69) is 27.4 Å². The van der Waals surface area contributed by atoms with E-state index in [4.69, 9.17) is 0 Å². The van der Waals surface area contributed by atoms with E-state index in [0.29, 0.717) is 24.1 Å². The molecule has 1 heterocycles. The fourth-order valence-corrected chi connectivity index (χ4v) is 2.47. The number of hydrogen-bond acceptors (Lipinski definition) is 3. The van der Waals surface area contributed by atoms with Crippen LogP contribution in [0.5, 0.6) is 0 Å². The van der Waals surface area contributed by atoms with Crippen LogP contribution < -0.4 is 5.32 Å². The topological polar surface area (TPSA) is 37.8 Å². The Hall–Kier alpha value is -1.97. The number of nitrogens with zero attached hydrogens (tertiary/aromatic N) is 2. The van der Waals surface area contributed by atoms with Gasteiger partial charge in [0.15, 0.2) is 5.82 Å². The van der Waals surface area contributed by atoms with Crippen LogP contribution in [0.4, 0.5) is 10.3 Å². The first-order valence-corrected chi connectivity index (χ1v) is 7.14. The van der Waals surface area contributed by atoms with Gasteiger partial charge in [0.1, 0.15) is 5.69 Å². The molecule has 0 aliphatic heterocycles. The van der Waals surface area contributed by atoms with Crippen molar-refractivity contribution in [3.05, 3.63) is 41.8 Å². The zero-order valence-electron chi connectivity index (χ0n) is 11.6. The minimum absolute atomic E-state index is 0.358. The highest BCUT2D eigenvalue weighted by atomic mass is 19.1. The van der Waals surface area contributed by atoms with Crippen molar-refractivity contribution < 1.29 is 4.39 Å². The van der Waals surface area contributed by atoms with Gasteiger partial charge >= 0.3 is 0 Å². The Balaban J connectivity index is 1.89. The van der Waals surface area contributed by atoms with Crippen LogP contribution >= 0.6 is 0 Å². The standard InChI is InChI=1S/C16H18FN3/c1-2-18-16-19-10-14(17)15(20-16)13-8-6-12(7-9-13)11-4-3-5-11/h6-11H,2-5H2,1H3,(H,18,19,20). The van der Waals surface area contributed by atoms with Crippen molar-refractivity contribution >= 4 is 5.95 Å². The van der Waals surface area contributed by atoms with Crippen LogP contribution in [0.3, 0.4) is 0 Å². The van der Waals surface area contributed by atoms with Gasteiger partial charge in [-0.05, 0) is 31.2 Å². The van der Waals surface area contributed by atoms with Gasteiger partial charge in [-0.15, -0.1) is 0 Å². The quantitative estimate of drug-likeness (QED) is 0.914. The van der Waals surface area contributed by atoms with E-state index in [9.17, 15) is 4.39 Å². The Bertz CT molecular complexity index is 591. The van der Waals surface area contributed by atoms with Crippen molar-refractivity contribution in [3.63, 3.8) is 0 Å². The summed E-state index contributed by atoms with van der Waals surface area (Å²) in [5.74, 6) is 0.770. The summed E-state index contributed by atoms with van der Waals surface area (Å²) < 4.78 is 13.9. The zero-order chi connectivity index (χ0) is 13.9. The first-order valence-electron chi connectivity index (χ1n) is 7.14. The van der Waals surface area contributed by atoms with E-state index >= 15 is 0 Å². The Morgan fingerprint density at radius 1 is 1.25 bits per heavy atom. The van der Waals surface area contributed by atoms with Crippen LogP contribution in [0.2, 0.25) is 0 Å². The Labute approximate surface area is 118 Å². The fourth-order valence-electron chi connectivity index (χ4n) is 2.47. The van der Waals surface area contributed by atoms with E-state index in [1.807, 2.05) is 19.1 Å². The van der Waals surface area contributed by atoms with E-state index in [1.54, 1.807) is 0 Å². The molecule has 0 bridgehead atoms. The molecule has 0 saturated heterocycles. The summed E-state index contributed by atoms with van der Waals surface area (Å²) >= 11 is 0. The number of rotatable bonds is 4. The molecule has 1 aliphatic carbocycles. The average Bonchev–Trinajstić information content (AvgIpc) is 2.40. The monoisotopic (exact) mass is 271 g/mol. The summed E-state index contributed by atoms with van der Waals surface area (Å²) in [5.41, 5.74) is 2.50. The molecule has 104 valence electrons. The second-order valence-corrected chi connectivity index (χ2v) is 5.17. The first kappa shape index (κ1) is 13.0. The molecule has 1 aromatic carbocycles. The normalized spacial score (nSPS) is 14.9. The number of hydrogen-bond donors (Lipinski definition) is 1. The average molecular weight is 271 g/mol. The van der Waals surface area contributed by atoms with Crippen molar-refractivity contribution in [1.82, 2.24) is 9.97 Å². The molecule has 1 N–H and O–H groups in total. The van der Waals surface area contributed by atoms with Crippen molar-refractivity contribution in [1.29, 1.82) is 0 Å². The predicted octanol–water partition coefficient (Wildman–Crippen LogP) is 3.98. The van der Waals surface area contributed by atoms with Gasteiger partial charge < -0.3 is 5.32 Å². The highest BCUT2D eigenvalue weighted by Gasteiger charge is 2.19. The number of aromatic nitrogens is 2. The third-order valence-electron chi connectivity index (χ3n) is 3.84. The number of halogens is 1. The van der Waals surface area contributed by atoms with E-state index in [-0.39, 0.29) is 5.82 Å². The Morgan fingerprint density at radius 2 is 2.00 bits per heavy atom. The Kier molecular flexibility index (Phi) is 3.63. The molecule has 0 radical (unpaired) electrons. The summed E-state index contributed by atoms with van der Waals surface area (Å²) in [5, 5.41) is 3.00. The number of anilines is 1. The first-order chi connectivity index (χ1) is 9.78. The molecule has 1 saturated carbocycles. The summed E-state index contributed by atoms with van der Waals surface area (Å²) in [6, 6.07) is 8.09. The second kappa shape index (κ2) is 5.57. The lowest BCUT2D eigenvalue weighted by Gasteiger charge is -2.25. The third-order valence-corrected chi connectivity index (χ3v) is 3.84. The lowest BCUT2D eigenvalue weighted by molar-refractivity contribution is 0.420. The van der Waals surface area contributed by atoms with Gasteiger partial charge in [0.05, 0.1) is 6.20 Å². The van der Waals surface area contributed by atoms with Crippen LogP contribution in [0.15, 0.2) is 30.5 Å². The number of benzene rings is 1. The molecule has 3 nitrogen and oxygen atoms in total. The van der Waals surface area contributed by atoms with Crippen LogP contribution in [-0.2, 0) is 0 Å². The summed E-state index contributed by atoms with van der Waals surface area (Å²) in [6.07, 6.45) is 5.08. The van der Waals surface area contributed by atoms with Crippen LogP contribution in [0.1, 0.15) is 37.7 Å². The molecule has 0 amide bonds. The molecule has 4 heteroatoms. The van der Waals surface area contributed by atoms with Crippen molar-refractivity contribution in [2.75, 3.05) is 11.9 Å². The van der Waals surface area contributed by atoms with Gasteiger partial charge in [-0.1, -0.05) is 30.7 Å². The van der Waals surface area contributed by atoms with Gasteiger partial charge in [-0.3, -0.25) is 0 Å². The second-order valence-electron chi connectivity index (χ2n) is 5.17. The van der Waals surface area contributed by atoms with Crippen molar-refractivity contribution in [3.8, 4) is 11.3 Å². The van der Waals surface area contributed by atoms with Crippen LogP contribution in [0, 0.1) is 5.82 Å². The summed E-state index contributed by atoms with van der Waals surface area (Å²) in [7, 11) is 0. The van der Waals surface area contributed by atoms with E-state index in [0.717, 1.165) is 5.56 Å². The maximum atomic E-state index is 13.9. The lowest BCUT2D eigenvalue weighted by atomic mass is 9.80. The number of nitrogens with one attached hydrogen (secondary N) is 1.